The van der Waals surface area contributed by atoms with E-state index in [-0.39, 0.29) is 29.7 Å². The van der Waals surface area contributed by atoms with Gasteiger partial charge in [0.1, 0.15) is 29.9 Å². The summed E-state index contributed by atoms with van der Waals surface area (Å²) in [6, 6.07) is -2.86. The fourth-order valence-corrected chi connectivity index (χ4v) is 5.66. The number of esters is 1. The number of fused-ring (bicyclic) bond motifs is 7. The predicted molar refractivity (Wildman–Crippen MR) is 141 cm³/mol. The lowest BCUT2D eigenvalue weighted by Crippen LogP contribution is -2.57. The molecule has 0 aromatic carbocycles. The van der Waals surface area contributed by atoms with Crippen molar-refractivity contribution in [3.63, 3.8) is 0 Å². The molecule has 0 radical (unpaired) electrons. The Morgan fingerprint density at radius 2 is 1.64 bits per heavy atom. The van der Waals surface area contributed by atoms with Crippen LogP contribution < -0.4 is 21.3 Å². The van der Waals surface area contributed by atoms with E-state index < -0.39 is 53.8 Å². The van der Waals surface area contributed by atoms with Crippen molar-refractivity contribution in [2.24, 2.45) is 11.8 Å². The number of amides is 4. The van der Waals surface area contributed by atoms with Crippen molar-refractivity contribution in [1.29, 1.82) is 0 Å². The SMILES string of the molecule is C/C=C1\NC(=O)[C@H]2CSSCC/C=C\[C@H](CC(=O)N[C@H](C(C)C)C(=O)N2)OC(=O)[C@H](C(C)C)NC1=O. The summed E-state index contributed by atoms with van der Waals surface area (Å²) in [5.74, 6) is -2.54. The van der Waals surface area contributed by atoms with E-state index in [0.717, 1.165) is 0 Å². The van der Waals surface area contributed by atoms with Gasteiger partial charge in [0.05, 0.1) is 6.42 Å². The van der Waals surface area contributed by atoms with E-state index in [1.54, 1.807) is 40.7 Å². The molecule has 1 saturated heterocycles. The molecule has 0 spiro atoms. The molecule has 0 aromatic heterocycles. The molecular weight excluding hydrogens is 504 g/mol. The molecule has 36 heavy (non-hydrogen) atoms. The average molecular weight is 541 g/mol. The Kier molecular flexibility index (Phi) is 11.8. The number of carbonyl (C=O) groups excluding carboxylic acids is 5. The van der Waals surface area contributed by atoms with Gasteiger partial charge in [0.2, 0.25) is 17.7 Å². The van der Waals surface area contributed by atoms with Crippen molar-refractivity contribution in [1.82, 2.24) is 21.3 Å². The highest BCUT2D eigenvalue weighted by Gasteiger charge is 2.33. The second-order valence-corrected chi connectivity index (χ2v) is 11.9. The minimum absolute atomic E-state index is 0.0445. The first-order chi connectivity index (χ1) is 17.0. The van der Waals surface area contributed by atoms with Crippen molar-refractivity contribution >= 4 is 51.2 Å². The van der Waals surface area contributed by atoms with Crippen LogP contribution in [0.15, 0.2) is 23.9 Å². The Balaban J connectivity index is 2.55. The van der Waals surface area contributed by atoms with Gasteiger partial charge >= 0.3 is 5.97 Å². The number of rotatable bonds is 2. The highest BCUT2D eigenvalue weighted by Crippen LogP contribution is 2.24. The first-order valence-corrected chi connectivity index (χ1v) is 14.5. The second-order valence-electron chi connectivity index (χ2n) is 9.24. The molecule has 4 amide bonds. The van der Waals surface area contributed by atoms with Gasteiger partial charge in [0.25, 0.3) is 5.91 Å². The summed E-state index contributed by atoms with van der Waals surface area (Å²) in [5.41, 5.74) is -0.0445. The van der Waals surface area contributed by atoms with Crippen molar-refractivity contribution in [3.8, 4) is 0 Å². The number of carbonyl (C=O) groups is 5. The molecule has 4 atom stereocenters. The molecule has 2 bridgehead atoms. The molecule has 200 valence electrons. The zero-order chi connectivity index (χ0) is 26.8. The lowest BCUT2D eigenvalue weighted by molar-refractivity contribution is -0.153. The summed E-state index contributed by atoms with van der Waals surface area (Å²) >= 11 is 0. The first-order valence-electron chi connectivity index (χ1n) is 12.0. The van der Waals surface area contributed by atoms with Crippen LogP contribution >= 0.6 is 21.6 Å². The zero-order valence-corrected chi connectivity index (χ0v) is 22.9. The van der Waals surface area contributed by atoms with E-state index in [9.17, 15) is 24.0 Å². The number of nitrogens with one attached hydrogen (secondary N) is 4. The number of ether oxygens (including phenoxy) is 1. The fraction of sp³-hybridized carbons (Fsp3) is 0.625. The van der Waals surface area contributed by atoms with Crippen molar-refractivity contribution < 1.29 is 28.7 Å². The highest BCUT2D eigenvalue weighted by atomic mass is 33.1. The van der Waals surface area contributed by atoms with Gasteiger partial charge in [-0.05, 0) is 31.3 Å². The molecule has 0 aliphatic carbocycles. The molecule has 10 nitrogen and oxygen atoms in total. The topological polar surface area (TPSA) is 143 Å². The molecule has 2 aliphatic rings. The van der Waals surface area contributed by atoms with Gasteiger partial charge in [0.15, 0.2) is 0 Å². The van der Waals surface area contributed by atoms with Gasteiger partial charge in [-0.3, -0.25) is 19.2 Å². The maximum absolute atomic E-state index is 13.2. The van der Waals surface area contributed by atoms with E-state index in [0.29, 0.717) is 12.2 Å². The lowest BCUT2D eigenvalue weighted by Gasteiger charge is -2.27. The quantitative estimate of drug-likeness (QED) is 0.178. The third kappa shape index (κ3) is 8.88. The van der Waals surface area contributed by atoms with Gasteiger partial charge in [-0.15, -0.1) is 0 Å². The normalized spacial score (nSPS) is 29.6. The summed E-state index contributed by atoms with van der Waals surface area (Å²) in [6.45, 7) is 8.66. The Hall–Kier alpha value is -2.47. The standard InChI is InChI=1S/C24H36N4O6S2/c1-6-16-21(30)28-20(14(4)5)24(33)34-15-9-7-8-10-35-36-12-17(22(31)25-16)26-23(32)19(13(2)3)27-18(29)11-15/h6-7,9,13-15,17,19-20H,8,10-12H2,1-5H3,(H,25,31)(H,26,32)(H,27,29)(H,28,30)/b9-7-,16-6-/t15-,17-,19-,20+/m1/s1. The highest BCUT2D eigenvalue weighted by molar-refractivity contribution is 8.76. The molecule has 0 saturated carbocycles. The van der Waals surface area contributed by atoms with E-state index in [2.05, 4.69) is 21.3 Å². The number of hydrogen-bond acceptors (Lipinski definition) is 8. The molecule has 2 aliphatic heterocycles. The van der Waals surface area contributed by atoms with E-state index in [1.165, 1.54) is 27.7 Å². The molecule has 4 N–H and O–H groups in total. The van der Waals surface area contributed by atoms with Gasteiger partial charge in [0, 0.05) is 11.5 Å². The zero-order valence-electron chi connectivity index (χ0n) is 21.3. The first kappa shape index (κ1) is 29.8. The maximum Gasteiger partial charge on any atom is 0.329 e. The van der Waals surface area contributed by atoms with E-state index in [1.807, 2.05) is 6.08 Å². The van der Waals surface area contributed by atoms with E-state index >= 15 is 0 Å². The number of hydrogen-bond donors (Lipinski definition) is 4. The summed E-state index contributed by atoms with van der Waals surface area (Å²) in [4.78, 5) is 65.2. The van der Waals surface area contributed by atoms with Gasteiger partial charge in [-0.2, -0.15) is 0 Å². The Bertz CT molecular complexity index is 905. The molecular formula is C24H36N4O6S2. The monoisotopic (exact) mass is 540 g/mol. The minimum Gasteiger partial charge on any atom is -0.456 e. The van der Waals surface area contributed by atoms with Gasteiger partial charge in [-0.1, -0.05) is 61.4 Å². The molecule has 2 heterocycles. The Morgan fingerprint density at radius 1 is 0.944 bits per heavy atom. The van der Waals surface area contributed by atoms with Gasteiger partial charge < -0.3 is 26.0 Å². The average Bonchev–Trinajstić information content (AvgIpc) is 2.81. The summed E-state index contributed by atoms with van der Waals surface area (Å²) in [5, 5.41) is 10.7. The van der Waals surface area contributed by atoms with Crippen LogP contribution in [0.1, 0.15) is 47.5 Å². The van der Waals surface area contributed by atoms with Crippen LogP contribution in [-0.4, -0.2) is 65.3 Å². The largest absolute Gasteiger partial charge is 0.456 e. The Labute approximate surface area is 220 Å². The summed E-state index contributed by atoms with van der Waals surface area (Å²) in [6.07, 6.45) is 4.51. The van der Waals surface area contributed by atoms with Crippen LogP contribution in [0, 0.1) is 11.8 Å². The van der Waals surface area contributed by atoms with Crippen molar-refractivity contribution in [2.75, 3.05) is 11.5 Å². The van der Waals surface area contributed by atoms with Crippen molar-refractivity contribution in [2.45, 2.75) is 71.7 Å². The van der Waals surface area contributed by atoms with Gasteiger partial charge in [-0.25, -0.2) is 4.79 Å². The summed E-state index contributed by atoms with van der Waals surface area (Å²) in [7, 11) is 2.95. The fourth-order valence-electron chi connectivity index (χ4n) is 3.50. The molecule has 0 unspecified atom stereocenters. The molecule has 12 heteroatoms. The van der Waals surface area contributed by atoms with Crippen LogP contribution in [0.2, 0.25) is 0 Å². The van der Waals surface area contributed by atoms with Crippen molar-refractivity contribution in [3.05, 3.63) is 23.9 Å². The van der Waals surface area contributed by atoms with Crippen LogP contribution in [0.3, 0.4) is 0 Å². The van der Waals surface area contributed by atoms with Crippen LogP contribution in [0.25, 0.3) is 0 Å². The number of allylic oxidation sites excluding steroid dienone is 2. The van der Waals surface area contributed by atoms with Crippen LogP contribution in [0.4, 0.5) is 0 Å². The smallest absolute Gasteiger partial charge is 0.329 e. The summed E-state index contributed by atoms with van der Waals surface area (Å²) < 4.78 is 5.65. The molecule has 2 rings (SSSR count). The second kappa shape index (κ2) is 14.3. The predicted octanol–water partition coefficient (Wildman–Crippen LogP) is 1.43. The third-order valence-corrected chi connectivity index (χ3v) is 8.03. The minimum atomic E-state index is -1.00. The van der Waals surface area contributed by atoms with Crippen LogP contribution in [-0.2, 0) is 28.7 Å². The maximum atomic E-state index is 13.2. The Morgan fingerprint density at radius 3 is 2.28 bits per heavy atom. The molecule has 0 aromatic rings. The van der Waals surface area contributed by atoms with Crippen LogP contribution in [0.5, 0.6) is 0 Å². The third-order valence-electron chi connectivity index (χ3n) is 5.59. The lowest BCUT2D eigenvalue weighted by atomic mass is 10.0. The molecule has 1 fully saturated rings. The van der Waals surface area contributed by atoms with E-state index in [4.69, 9.17) is 4.74 Å².